The summed E-state index contributed by atoms with van der Waals surface area (Å²) in [6.07, 6.45) is 5.03. The molecule has 106 valence electrons. The first-order valence-corrected chi connectivity index (χ1v) is 6.27. The Morgan fingerprint density at radius 2 is 1.95 bits per heavy atom. The van der Waals surface area contributed by atoms with Crippen molar-refractivity contribution in [3.05, 3.63) is 65.5 Å². The van der Waals surface area contributed by atoms with E-state index in [0.29, 0.717) is 11.3 Å². The molecule has 0 bridgehead atoms. The molecule has 4 heteroatoms. The largest absolute Gasteiger partial charge is 0.489 e. The molecule has 0 aromatic heterocycles. The summed E-state index contributed by atoms with van der Waals surface area (Å²) in [6, 6.07) is 12.6. The second kappa shape index (κ2) is 7.11. The minimum Gasteiger partial charge on any atom is -0.489 e. The van der Waals surface area contributed by atoms with Crippen molar-refractivity contribution in [2.75, 3.05) is 6.61 Å². The van der Waals surface area contributed by atoms with Crippen molar-refractivity contribution in [2.45, 2.75) is 6.61 Å². The van der Waals surface area contributed by atoms with Crippen molar-refractivity contribution in [1.29, 1.82) is 0 Å². The highest BCUT2D eigenvalue weighted by atomic mass is 19.1. The highest BCUT2D eigenvalue weighted by Gasteiger charge is 2.07. The Bertz CT molecular complexity index is 656. The van der Waals surface area contributed by atoms with E-state index in [4.69, 9.17) is 15.9 Å². The van der Waals surface area contributed by atoms with E-state index in [0.717, 1.165) is 5.56 Å². The molecule has 0 spiro atoms. The molecule has 0 unspecified atom stereocenters. The summed E-state index contributed by atoms with van der Waals surface area (Å²) in [4.78, 5) is 11.7. The molecule has 0 heterocycles. The molecular weight excluding hydrogens is 271 g/mol. The van der Waals surface area contributed by atoms with Crippen molar-refractivity contribution >= 4 is 5.97 Å². The Kier molecular flexibility index (Phi) is 4.94. The van der Waals surface area contributed by atoms with Crippen molar-refractivity contribution in [3.8, 4) is 18.1 Å². The van der Waals surface area contributed by atoms with Crippen LogP contribution < -0.4 is 4.74 Å². The molecule has 2 aromatic rings. The van der Waals surface area contributed by atoms with Gasteiger partial charge in [-0.15, -0.1) is 6.42 Å². The number of terminal acetylenes is 1. The van der Waals surface area contributed by atoms with E-state index in [2.05, 4.69) is 5.92 Å². The summed E-state index contributed by atoms with van der Waals surface area (Å²) in [5.74, 6) is 1.96. The van der Waals surface area contributed by atoms with Gasteiger partial charge in [-0.1, -0.05) is 24.1 Å². The highest BCUT2D eigenvalue weighted by molar-refractivity contribution is 5.89. The average molecular weight is 284 g/mol. The maximum atomic E-state index is 12.8. The molecule has 0 N–H and O–H groups in total. The Labute approximate surface area is 122 Å². The predicted octanol–water partition coefficient (Wildman–Crippen LogP) is 3.19. The molecule has 0 aliphatic carbocycles. The molecule has 2 rings (SSSR count). The van der Waals surface area contributed by atoms with Gasteiger partial charge in [0.25, 0.3) is 0 Å². The zero-order chi connectivity index (χ0) is 15.1. The topological polar surface area (TPSA) is 35.5 Å². The van der Waals surface area contributed by atoms with Gasteiger partial charge in [0.05, 0.1) is 5.56 Å². The fourth-order valence-corrected chi connectivity index (χ4v) is 1.65. The lowest BCUT2D eigenvalue weighted by atomic mass is 10.2. The molecular formula is C17H13FO3. The number of ether oxygens (including phenoxy) is 2. The van der Waals surface area contributed by atoms with E-state index in [-0.39, 0.29) is 19.0 Å². The first-order chi connectivity index (χ1) is 10.2. The van der Waals surface area contributed by atoms with Crippen LogP contribution in [0.2, 0.25) is 0 Å². The number of carbonyl (C=O) groups is 1. The zero-order valence-electron chi connectivity index (χ0n) is 11.2. The van der Waals surface area contributed by atoms with Gasteiger partial charge >= 0.3 is 5.97 Å². The molecule has 0 atom stereocenters. The molecule has 0 amide bonds. The van der Waals surface area contributed by atoms with Gasteiger partial charge in [-0.3, -0.25) is 0 Å². The Morgan fingerprint density at radius 1 is 1.19 bits per heavy atom. The average Bonchev–Trinajstić information content (AvgIpc) is 2.52. The van der Waals surface area contributed by atoms with Crippen LogP contribution in [-0.4, -0.2) is 12.6 Å². The summed E-state index contributed by atoms with van der Waals surface area (Å²) >= 11 is 0. The summed E-state index contributed by atoms with van der Waals surface area (Å²) in [5.41, 5.74) is 1.19. The fourth-order valence-electron chi connectivity index (χ4n) is 1.65. The first kappa shape index (κ1) is 14.6. The molecule has 0 aliphatic rings. The molecule has 3 nitrogen and oxygen atoms in total. The van der Waals surface area contributed by atoms with E-state index >= 15 is 0 Å². The molecule has 2 aromatic carbocycles. The van der Waals surface area contributed by atoms with E-state index in [1.807, 2.05) is 0 Å². The second-order valence-corrected chi connectivity index (χ2v) is 4.22. The lowest BCUT2D eigenvalue weighted by Gasteiger charge is -2.08. The smallest absolute Gasteiger partial charge is 0.339 e. The second-order valence-electron chi connectivity index (χ2n) is 4.22. The van der Waals surface area contributed by atoms with E-state index in [9.17, 15) is 9.18 Å². The summed E-state index contributed by atoms with van der Waals surface area (Å²) < 4.78 is 23.2. The monoisotopic (exact) mass is 284 g/mol. The van der Waals surface area contributed by atoms with Crippen LogP contribution in [0.3, 0.4) is 0 Å². The van der Waals surface area contributed by atoms with Crippen LogP contribution in [0.25, 0.3) is 0 Å². The standard InChI is InChI=1S/C17H13FO3/c1-2-10-20-17(19)14-4-3-5-16(11-14)21-12-13-6-8-15(18)9-7-13/h1,3-9,11H,10,12H2. The van der Waals surface area contributed by atoms with Crippen LogP contribution in [0.4, 0.5) is 4.39 Å². The molecule has 0 fully saturated rings. The van der Waals surface area contributed by atoms with E-state index < -0.39 is 5.97 Å². The van der Waals surface area contributed by atoms with Gasteiger partial charge in [-0.2, -0.15) is 0 Å². The summed E-state index contributed by atoms with van der Waals surface area (Å²) in [5, 5.41) is 0. The minimum absolute atomic E-state index is 0.0699. The van der Waals surface area contributed by atoms with Crippen molar-refractivity contribution in [1.82, 2.24) is 0 Å². The number of carbonyl (C=O) groups excluding carboxylic acids is 1. The van der Waals surface area contributed by atoms with E-state index in [1.54, 1.807) is 36.4 Å². The number of hydrogen-bond acceptors (Lipinski definition) is 3. The number of halogens is 1. The van der Waals surface area contributed by atoms with Gasteiger partial charge in [0.15, 0.2) is 6.61 Å². The third-order valence-electron chi connectivity index (χ3n) is 2.68. The molecule has 0 radical (unpaired) electrons. The third kappa shape index (κ3) is 4.36. The zero-order valence-corrected chi connectivity index (χ0v) is 11.2. The number of hydrogen-bond donors (Lipinski definition) is 0. The van der Waals surface area contributed by atoms with Crippen LogP contribution in [0.1, 0.15) is 15.9 Å². The SMILES string of the molecule is C#CCOC(=O)c1cccc(OCc2ccc(F)cc2)c1. The maximum absolute atomic E-state index is 12.8. The molecule has 0 saturated carbocycles. The van der Waals surface area contributed by atoms with Gasteiger partial charge in [-0.25, -0.2) is 9.18 Å². The quantitative estimate of drug-likeness (QED) is 0.625. The third-order valence-corrected chi connectivity index (χ3v) is 2.68. The normalized spacial score (nSPS) is 9.71. The summed E-state index contributed by atoms with van der Waals surface area (Å²) in [6.45, 7) is 0.211. The van der Waals surface area contributed by atoms with Crippen LogP contribution in [0, 0.1) is 18.2 Å². The van der Waals surface area contributed by atoms with Gasteiger partial charge in [-0.05, 0) is 35.9 Å². The lowest BCUT2D eigenvalue weighted by Crippen LogP contribution is -2.05. The highest BCUT2D eigenvalue weighted by Crippen LogP contribution is 2.16. The first-order valence-electron chi connectivity index (χ1n) is 6.27. The van der Waals surface area contributed by atoms with Crippen LogP contribution in [0.15, 0.2) is 48.5 Å². The molecule has 21 heavy (non-hydrogen) atoms. The van der Waals surface area contributed by atoms with Gasteiger partial charge in [0.1, 0.15) is 18.2 Å². The van der Waals surface area contributed by atoms with Crippen LogP contribution in [0.5, 0.6) is 5.75 Å². The van der Waals surface area contributed by atoms with Crippen molar-refractivity contribution < 1.29 is 18.7 Å². The minimum atomic E-state index is -0.500. The number of benzene rings is 2. The number of esters is 1. The molecule has 0 aliphatic heterocycles. The van der Waals surface area contributed by atoms with Gasteiger partial charge < -0.3 is 9.47 Å². The Balaban J connectivity index is 1.99. The van der Waals surface area contributed by atoms with Gasteiger partial charge in [0, 0.05) is 0 Å². The maximum Gasteiger partial charge on any atom is 0.339 e. The Morgan fingerprint density at radius 3 is 2.67 bits per heavy atom. The Hall–Kier alpha value is -2.80. The van der Waals surface area contributed by atoms with Crippen LogP contribution >= 0.6 is 0 Å². The predicted molar refractivity (Wildman–Crippen MR) is 76.3 cm³/mol. The molecule has 0 saturated heterocycles. The van der Waals surface area contributed by atoms with Gasteiger partial charge in [0.2, 0.25) is 0 Å². The lowest BCUT2D eigenvalue weighted by molar-refractivity contribution is 0.0556. The number of rotatable bonds is 5. The fraction of sp³-hybridized carbons (Fsp3) is 0.118. The van der Waals surface area contributed by atoms with Crippen LogP contribution in [-0.2, 0) is 11.3 Å². The van der Waals surface area contributed by atoms with E-state index in [1.165, 1.54) is 12.1 Å². The summed E-state index contributed by atoms with van der Waals surface area (Å²) in [7, 11) is 0. The van der Waals surface area contributed by atoms with Crippen molar-refractivity contribution in [3.63, 3.8) is 0 Å². The van der Waals surface area contributed by atoms with Crippen molar-refractivity contribution in [2.24, 2.45) is 0 Å².